The van der Waals surface area contributed by atoms with Gasteiger partial charge in [0.05, 0.1) is 5.71 Å². The fourth-order valence-electron chi connectivity index (χ4n) is 3.74. The number of carbonyl (C=O) groups excluding carboxylic acids is 1. The molecule has 0 saturated carbocycles. The topological polar surface area (TPSA) is 44.7 Å². The molecule has 0 spiro atoms. The van der Waals surface area contributed by atoms with Crippen LogP contribution in [-0.4, -0.2) is 29.7 Å². The third-order valence-electron chi connectivity index (χ3n) is 5.25. The summed E-state index contributed by atoms with van der Waals surface area (Å²) in [5, 5.41) is 11.0. The second-order valence-electron chi connectivity index (χ2n) is 7.85. The minimum Gasteiger partial charge on any atom is -0.324 e. The Bertz CT molecular complexity index is 865. The van der Waals surface area contributed by atoms with Gasteiger partial charge in [0, 0.05) is 27.7 Å². The standard InChI is InChI=1S/C23H27Cl2N3O/c1-3-4-5-14-23(2)16-28(27-22(23)17-6-8-18(24)9-7-17)15-21(29)26-20-12-10-19(25)11-13-20/h6-13H,3-5,14-16H2,1-2H3,(H,26,29). The predicted molar refractivity (Wildman–Crippen MR) is 122 cm³/mol. The number of carbonyl (C=O) groups is 1. The van der Waals surface area contributed by atoms with E-state index in [0.29, 0.717) is 10.0 Å². The van der Waals surface area contributed by atoms with Crippen LogP contribution in [0.15, 0.2) is 53.6 Å². The van der Waals surface area contributed by atoms with E-state index in [1.54, 1.807) is 24.3 Å². The lowest BCUT2D eigenvalue weighted by Gasteiger charge is -2.26. The molecule has 1 N–H and O–H groups in total. The van der Waals surface area contributed by atoms with Crippen molar-refractivity contribution in [1.82, 2.24) is 5.01 Å². The van der Waals surface area contributed by atoms with E-state index in [0.717, 1.165) is 36.3 Å². The summed E-state index contributed by atoms with van der Waals surface area (Å²) < 4.78 is 0. The van der Waals surface area contributed by atoms with E-state index in [1.165, 1.54) is 12.8 Å². The molecular weight excluding hydrogens is 405 g/mol. The normalized spacial score (nSPS) is 18.6. The second-order valence-corrected chi connectivity index (χ2v) is 8.72. The number of nitrogens with zero attached hydrogens (tertiary/aromatic N) is 2. The average molecular weight is 432 g/mol. The van der Waals surface area contributed by atoms with Gasteiger partial charge in [-0.3, -0.25) is 9.80 Å². The van der Waals surface area contributed by atoms with Crippen LogP contribution in [0.5, 0.6) is 0 Å². The van der Waals surface area contributed by atoms with E-state index in [2.05, 4.69) is 19.2 Å². The molecular formula is C23H27Cl2N3O. The van der Waals surface area contributed by atoms with E-state index in [1.807, 2.05) is 29.3 Å². The number of hydrogen-bond acceptors (Lipinski definition) is 3. The molecule has 29 heavy (non-hydrogen) atoms. The number of halogens is 2. The highest BCUT2D eigenvalue weighted by molar-refractivity contribution is 6.31. The first-order valence-corrected chi connectivity index (χ1v) is 10.8. The Morgan fingerprint density at radius 2 is 1.69 bits per heavy atom. The zero-order chi connectivity index (χ0) is 20.9. The lowest BCUT2D eigenvalue weighted by molar-refractivity contribution is -0.117. The van der Waals surface area contributed by atoms with Gasteiger partial charge >= 0.3 is 0 Å². The zero-order valence-corrected chi connectivity index (χ0v) is 18.4. The fraction of sp³-hybridized carbons (Fsp3) is 0.391. The molecule has 1 atom stereocenters. The average Bonchev–Trinajstić information content (AvgIpc) is 3.00. The van der Waals surface area contributed by atoms with Crippen molar-refractivity contribution < 1.29 is 4.79 Å². The Morgan fingerprint density at radius 1 is 1.07 bits per heavy atom. The zero-order valence-electron chi connectivity index (χ0n) is 16.9. The summed E-state index contributed by atoms with van der Waals surface area (Å²) in [5.74, 6) is -0.0932. The summed E-state index contributed by atoms with van der Waals surface area (Å²) in [4.78, 5) is 12.5. The van der Waals surface area contributed by atoms with Gasteiger partial charge in [-0.1, -0.05) is 68.4 Å². The molecule has 0 aromatic heterocycles. The van der Waals surface area contributed by atoms with E-state index in [9.17, 15) is 4.79 Å². The Balaban J connectivity index is 1.73. The Labute approximate surface area is 182 Å². The molecule has 0 bridgehead atoms. The third kappa shape index (κ3) is 5.74. The van der Waals surface area contributed by atoms with Gasteiger partial charge in [-0.2, -0.15) is 5.10 Å². The summed E-state index contributed by atoms with van der Waals surface area (Å²) in [6.07, 6.45) is 4.55. The molecule has 1 heterocycles. The van der Waals surface area contributed by atoms with Crippen LogP contribution in [0.25, 0.3) is 0 Å². The molecule has 1 unspecified atom stereocenters. The highest BCUT2D eigenvalue weighted by Gasteiger charge is 2.39. The quantitative estimate of drug-likeness (QED) is 0.502. The van der Waals surface area contributed by atoms with Crippen molar-refractivity contribution in [2.24, 2.45) is 10.5 Å². The number of benzene rings is 2. The Kier molecular flexibility index (Phi) is 7.20. The summed E-state index contributed by atoms with van der Waals surface area (Å²) in [5.41, 5.74) is 2.73. The maximum absolute atomic E-state index is 12.5. The molecule has 6 heteroatoms. The molecule has 0 saturated heterocycles. The molecule has 0 aliphatic carbocycles. The molecule has 1 aliphatic heterocycles. The number of anilines is 1. The smallest absolute Gasteiger partial charge is 0.245 e. The molecule has 154 valence electrons. The first-order chi connectivity index (χ1) is 13.9. The first-order valence-electron chi connectivity index (χ1n) is 10.0. The van der Waals surface area contributed by atoms with E-state index >= 15 is 0 Å². The summed E-state index contributed by atoms with van der Waals surface area (Å²) in [6, 6.07) is 14.9. The molecule has 0 fully saturated rings. The van der Waals surface area contributed by atoms with Crippen LogP contribution in [0.3, 0.4) is 0 Å². The van der Waals surface area contributed by atoms with E-state index in [-0.39, 0.29) is 17.9 Å². The van der Waals surface area contributed by atoms with Gasteiger partial charge in [0.1, 0.15) is 6.54 Å². The third-order valence-corrected chi connectivity index (χ3v) is 5.75. The predicted octanol–water partition coefficient (Wildman–Crippen LogP) is 6.24. The molecule has 4 nitrogen and oxygen atoms in total. The fourth-order valence-corrected chi connectivity index (χ4v) is 3.99. The van der Waals surface area contributed by atoms with Gasteiger partial charge < -0.3 is 5.32 Å². The second kappa shape index (κ2) is 9.64. The minimum absolute atomic E-state index is 0.0932. The number of hydrogen-bond donors (Lipinski definition) is 1. The van der Waals surface area contributed by atoms with Crippen molar-refractivity contribution in [3.63, 3.8) is 0 Å². The van der Waals surface area contributed by atoms with Gasteiger partial charge in [-0.05, 0) is 48.4 Å². The van der Waals surface area contributed by atoms with Crippen LogP contribution < -0.4 is 5.32 Å². The van der Waals surface area contributed by atoms with Gasteiger partial charge in [-0.15, -0.1) is 0 Å². The van der Waals surface area contributed by atoms with Gasteiger partial charge in [0.15, 0.2) is 0 Å². The van der Waals surface area contributed by atoms with Crippen LogP contribution in [0.4, 0.5) is 5.69 Å². The highest BCUT2D eigenvalue weighted by Crippen LogP contribution is 2.36. The SMILES string of the molecule is CCCCCC1(C)CN(CC(=O)Nc2ccc(Cl)cc2)N=C1c1ccc(Cl)cc1. The number of rotatable bonds is 8. The van der Waals surface area contributed by atoms with Gasteiger partial charge in [-0.25, -0.2) is 0 Å². The lowest BCUT2D eigenvalue weighted by atomic mass is 9.78. The van der Waals surface area contributed by atoms with Gasteiger partial charge in [0.25, 0.3) is 0 Å². The van der Waals surface area contributed by atoms with Crippen molar-refractivity contribution in [3.05, 3.63) is 64.1 Å². The maximum Gasteiger partial charge on any atom is 0.245 e. The van der Waals surface area contributed by atoms with Crippen LogP contribution >= 0.6 is 23.2 Å². The lowest BCUT2D eigenvalue weighted by Crippen LogP contribution is -2.34. The van der Waals surface area contributed by atoms with Crippen LogP contribution in [0, 0.1) is 5.41 Å². The van der Waals surface area contributed by atoms with Crippen molar-refractivity contribution in [3.8, 4) is 0 Å². The first kappa shape index (κ1) is 21.7. The summed E-state index contributed by atoms with van der Waals surface area (Å²) >= 11 is 12.0. The maximum atomic E-state index is 12.5. The van der Waals surface area contributed by atoms with Crippen LogP contribution in [0.1, 0.15) is 45.1 Å². The summed E-state index contributed by atoms with van der Waals surface area (Å²) in [7, 11) is 0. The molecule has 1 amide bonds. The number of nitrogens with one attached hydrogen (secondary N) is 1. The van der Waals surface area contributed by atoms with Crippen molar-refractivity contribution in [2.75, 3.05) is 18.4 Å². The molecule has 0 radical (unpaired) electrons. The highest BCUT2D eigenvalue weighted by atomic mass is 35.5. The van der Waals surface area contributed by atoms with Crippen LogP contribution in [-0.2, 0) is 4.79 Å². The number of amides is 1. The van der Waals surface area contributed by atoms with Gasteiger partial charge in [0.2, 0.25) is 5.91 Å². The molecule has 1 aliphatic rings. The largest absolute Gasteiger partial charge is 0.324 e. The molecule has 3 rings (SSSR count). The molecule has 2 aromatic rings. The van der Waals surface area contributed by atoms with Crippen molar-refractivity contribution in [2.45, 2.75) is 39.5 Å². The van der Waals surface area contributed by atoms with Crippen molar-refractivity contribution in [1.29, 1.82) is 0 Å². The number of unbranched alkanes of at least 4 members (excludes halogenated alkanes) is 2. The van der Waals surface area contributed by atoms with Crippen molar-refractivity contribution >= 4 is 40.5 Å². The Hall–Kier alpha value is -2.04. The Morgan fingerprint density at radius 3 is 2.31 bits per heavy atom. The number of hydrazone groups is 1. The monoisotopic (exact) mass is 431 g/mol. The minimum atomic E-state index is -0.0937. The van der Waals surface area contributed by atoms with E-state index < -0.39 is 0 Å². The molecule has 2 aromatic carbocycles. The summed E-state index contributed by atoms with van der Waals surface area (Å²) in [6.45, 7) is 5.39. The van der Waals surface area contributed by atoms with Crippen LogP contribution in [0.2, 0.25) is 10.0 Å². The van der Waals surface area contributed by atoms with E-state index in [4.69, 9.17) is 28.3 Å².